The van der Waals surface area contributed by atoms with E-state index in [1.165, 1.54) is 0 Å². The summed E-state index contributed by atoms with van der Waals surface area (Å²) in [6.45, 7) is 0.585. The normalized spacial score (nSPS) is 12.7. The first-order valence-corrected chi connectivity index (χ1v) is 8.92. The molecule has 0 fully saturated rings. The monoisotopic (exact) mass is 381 g/mol. The van der Waals surface area contributed by atoms with Crippen LogP contribution in [0.1, 0.15) is 32.7 Å². The van der Waals surface area contributed by atoms with Crippen LogP contribution in [0.15, 0.2) is 54.6 Å². The van der Waals surface area contributed by atoms with Gasteiger partial charge in [-0.05, 0) is 29.9 Å². The summed E-state index contributed by atoms with van der Waals surface area (Å²) in [5.41, 5.74) is 1.82. The lowest BCUT2D eigenvalue weighted by Crippen LogP contribution is -2.41. The third-order valence-electron chi connectivity index (χ3n) is 4.30. The van der Waals surface area contributed by atoms with Gasteiger partial charge in [0.1, 0.15) is 0 Å². The molecule has 138 valence electrons. The average Bonchev–Trinajstić information content (AvgIpc) is 2.91. The molecule has 0 bridgehead atoms. The van der Waals surface area contributed by atoms with Crippen LogP contribution in [0, 0.1) is 0 Å². The van der Waals surface area contributed by atoms with Crippen LogP contribution in [0.3, 0.4) is 0 Å². The maximum atomic E-state index is 12.3. The smallest absolute Gasteiger partial charge is 0.261 e. The number of carbonyl (C=O) groups is 3. The lowest BCUT2D eigenvalue weighted by molar-refractivity contribution is -0.119. The largest absolute Gasteiger partial charge is 0.348 e. The topological polar surface area (TPSA) is 69.7 Å². The predicted octanol–water partition coefficient (Wildman–Crippen LogP) is 2.21. The van der Waals surface area contributed by atoms with Crippen molar-refractivity contribution < 1.29 is 14.4 Å². The standard InChI is InChI=1S/C20H19N3O3S/c1-22(13-14-7-3-2-4-8-14)20(27)21-17(24)11-12-23-18(25)15-9-5-6-10-16(15)19(23)26/h2-10H,11-13H2,1H3,(H,21,24,27). The number of hydrogen-bond acceptors (Lipinski definition) is 4. The van der Waals surface area contributed by atoms with Crippen LogP contribution in [0.5, 0.6) is 0 Å². The molecule has 0 atom stereocenters. The molecule has 3 rings (SSSR count). The van der Waals surface area contributed by atoms with E-state index in [9.17, 15) is 14.4 Å². The molecule has 6 nitrogen and oxygen atoms in total. The van der Waals surface area contributed by atoms with Gasteiger partial charge in [0.15, 0.2) is 5.11 Å². The predicted molar refractivity (Wildman–Crippen MR) is 105 cm³/mol. The van der Waals surface area contributed by atoms with E-state index < -0.39 is 0 Å². The number of hydrogen-bond donors (Lipinski definition) is 1. The Bertz CT molecular complexity index is 863. The van der Waals surface area contributed by atoms with E-state index in [1.54, 1.807) is 36.2 Å². The summed E-state index contributed by atoms with van der Waals surface area (Å²) in [5.74, 6) is -1.07. The van der Waals surface area contributed by atoms with Gasteiger partial charge in [0.2, 0.25) is 5.91 Å². The minimum absolute atomic E-state index is 0.00914. The van der Waals surface area contributed by atoms with E-state index >= 15 is 0 Å². The Kier molecular flexibility index (Phi) is 5.61. The molecular weight excluding hydrogens is 362 g/mol. The second kappa shape index (κ2) is 8.09. The van der Waals surface area contributed by atoms with E-state index in [1.807, 2.05) is 30.3 Å². The fourth-order valence-corrected chi connectivity index (χ4v) is 3.04. The highest BCUT2D eigenvalue weighted by Gasteiger charge is 2.34. The molecule has 0 saturated carbocycles. The van der Waals surface area contributed by atoms with E-state index in [2.05, 4.69) is 5.32 Å². The quantitative estimate of drug-likeness (QED) is 0.635. The highest BCUT2D eigenvalue weighted by atomic mass is 32.1. The molecule has 3 amide bonds. The molecule has 0 radical (unpaired) electrons. The number of benzene rings is 2. The summed E-state index contributed by atoms with van der Waals surface area (Å²) in [7, 11) is 1.79. The first kappa shape index (κ1) is 18.7. The second-order valence-electron chi connectivity index (χ2n) is 6.25. The zero-order valence-corrected chi connectivity index (χ0v) is 15.7. The molecule has 1 aliphatic rings. The Labute approximate surface area is 162 Å². The summed E-state index contributed by atoms with van der Waals surface area (Å²) >= 11 is 5.25. The third-order valence-corrected chi connectivity index (χ3v) is 4.71. The average molecular weight is 381 g/mol. The maximum absolute atomic E-state index is 12.3. The van der Waals surface area contributed by atoms with Gasteiger partial charge in [0.05, 0.1) is 11.1 Å². The molecule has 0 unspecified atom stereocenters. The zero-order chi connectivity index (χ0) is 19.4. The van der Waals surface area contributed by atoms with Crippen molar-refractivity contribution in [3.8, 4) is 0 Å². The molecule has 0 spiro atoms. The third kappa shape index (κ3) is 4.20. The molecule has 2 aromatic rings. The Morgan fingerprint density at radius 1 is 1.00 bits per heavy atom. The van der Waals surface area contributed by atoms with Crippen molar-refractivity contribution in [2.75, 3.05) is 13.6 Å². The molecule has 2 aromatic carbocycles. The first-order chi connectivity index (χ1) is 13.0. The fourth-order valence-electron chi connectivity index (χ4n) is 2.86. The van der Waals surface area contributed by atoms with Crippen molar-refractivity contribution >= 4 is 35.1 Å². The van der Waals surface area contributed by atoms with Crippen LogP contribution >= 0.6 is 12.2 Å². The number of thiocarbonyl (C=S) groups is 1. The Balaban J connectivity index is 1.51. The van der Waals surface area contributed by atoms with Crippen LogP contribution in [-0.4, -0.2) is 46.2 Å². The van der Waals surface area contributed by atoms with Gasteiger partial charge < -0.3 is 10.2 Å². The SMILES string of the molecule is CN(Cc1ccccc1)C(=S)NC(=O)CCN1C(=O)c2ccccc2C1=O. The van der Waals surface area contributed by atoms with Crippen molar-refractivity contribution in [2.24, 2.45) is 0 Å². The summed E-state index contributed by atoms with van der Waals surface area (Å²) < 4.78 is 0. The second-order valence-corrected chi connectivity index (χ2v) is 6.64. The first-order valence-electron chi connectivity index (χ1n) is 8.51. The van der Waals surface area contributed by atoms with Gasteiger partial charge in [-0.1, -0.05) is 42.5 Å². The molecule has 0 aliphatic carbocycles. The number of amides is 3. The van der Waals surface area contributed by atoms with E-state index in [0.717, 1.165) is 10.5 Å². The number of carbonyl (C=O) groups excluding carboxylic acids is 3. The van der Waals surface area contributed by atoms with Gasteiger partial charge in [-0.15, -0.1) is 0 Å². The number of nitrogens with zero attached hydrogens (tertiary/aromatic N) is 2. The van der Waals surface area contributed by atoms with Crippen molar-refractivity contribution in [3.63, 3.8) is 0 Å². The van der Waals surface area contributed by atoms with Gasteiger partial charge >= 0.3 is 0 Å². The van der Waals surface area contributed by atoms with Gasteiger partial charge in [-0.2, -0.15) is 0 Å². The highest BCUT2D eigenvalue weighted by Crippen LogP contribution is 2.22. The zero-order valence-electron chi connectivity index (χ0n) is 14.8. The molecular formula is C20H19N3O3S. The summed E-state index contributed by atoms with van der Waals surface area (Å²) in [6, 6.07) is 16.4. The maximum Gasteiger partial charge on any atom is 0.261 e. The lowest BCUT2D eigenvalue weighted by Gasteiger charge is -2.21. The molecule has 0 aromatic heterocycles. The van der Waals surface area contributed by atoms with Gasteiger partial charge in [0, 0.05) is 26.6 Å². The molecule has 7 heteroatoms. The minimum atomic E-state index is -0.368. The Hall–Kier alpha value is -3.06. The van der Waals surface area contributed by atoms with Gasteiger partial charge in [-0.3, -0.25) is 19.3 Å². The lowest BCUT2D eigenvalue weighted by atomic mass is 10.1. The van der Waals surface area contributed by atoms with E-state index in [-0.39, 0.29) is 30.7 Å². The fraction of sp³-hybridized carbons (Fsp3) is 0.200. The Morgan fingerprint density at radius 3 is 2.15 bits per heavy atom. The van der Waals surface area contributed by atoms with Crippen LogP contribution < -0.4 is 5.32 Å². The van der Waals surface area contributed by atoms with Gasteiger partial charge in [-0.25, -0.2) is 0 Å². The van der Waals surface area contributed by atoms with E-state index in [4.69, 9.17) is 12.2 Å². The van der Waals surface area contributed by atoms with Crippen molar-refractivity contribution in [3.05, 3.63) is 71.3 Å². The van der Waals surface area contributed by atoms with Crippen molar-refractivity contribution in [2.45, 2.75) is 13.0 Å². The van der Waals surface area contributed by atoms with Crippen LogP contribution in [0.2, 0.25) is 0 Å². The molecule has 0 saturated heterocycles. The molecule has 1 heterocycles. The van der Waals surface area contributed by atoms with Crippen molar-refractivity contribution in [1.29, 1.82) is 0 Å². The molecule has 1 N–H and O–H groups in total. The number of rotatable bonds is 5. The summed E-state index contributed by atoms with van der Waals surface area (Å²) in [5, 5.41) is 2.94. The number of nitrogens with one attached hydrogen (secondary N) is 1. The minimum Gasteiger partial charge on any atom is -0.348 e. The van der Waals surface area contributed by atoms with Crippen LogP contribution in [0.25, 0.3) is 0 Å². The summed E-state index contributed by atoms with van der Waals surface area (Å²) in [6.07, 6.45) is -0.00914. The summed E-state index contributed by atoms with van der Waals surface area (Å²) in [4.78, 5) is 39.6. The Morgan fingerprint density at radius 2 is 1.56 bits per heavy atom. The van der Waals surface area contributed by atoms with E-state index in [0.29, 0.717) is 22.8 Å². The molecule has 1 aliphatic heterocycles. The van der Waals surface area contributed by atoms with Crippen molar-refractivity contribution in [1.82, 2.24) is 15.1 Å². The highest BCUT2D eigenvalue weighted by molar-refractivity contribution is 7.80. The van der Waals surface area contributed by atoms with Crippen LogP contribution in [0.4, 0.5) is 0 Å². The number of fused-ring (bicyclic) bond motifs is 1. The van der Waals surface area contributed by atoms with Crippen LogP contribution in [-0.2, 0) is 11.3 Å². The molecule has 27 heavy (non-hydrogen) atoms. The number of imide groups is 1. The van der Waals surface area contributed by atoms with Gasteiger partial charge in [0.25, 0.3) is 11.8 Å².